The van der Waals surface area contributed by atoms with Crippen LogP contribution in [0.15, 0.2) is 53.1 Å². The molecule has 27 heavy (non-hydrogen) atoms. The first kappa shape index (κ1) is 18.9. The van der Waals surface area contributed by atoms with Crippen LogP contribution < -0.4 is 4.74 Å². The van der Waals surface area contributed by atoms with Gasteiger partial charge in [0, 0.05) is 17.0 Å². The monoisotopic (exact) mass is 386 g/mol. The van der Waals surface area contributed by atoms with Crippen molar-refractivity contribution in [3.05, 3.63) is 65.0 Å². The second-order valence-electron chi connectivity index (χ2n) is 5.72. The van der Waals surface area contributed by atoms with E-state index >= 15 is 0 Å². The number of aromatic nitrogens is 2. The first-order valence-corrected chi connectivity index (χ1v) is 8.98. The Labute approximate surface area is 162 Å². The molecular weight excluding hydrogens is 368 g/mol. The third-order valence-electron chi connectivity index (χ3n) is 3.80. The second kappa shape index (κ2) is 9.19. The molecule has 1 heterocycles. The first-order valence-electron chi connectivity index (χ1n) is 8.60. The predicted octanol–water partition coefficient (Wildman–Crippen LogP) is 4.46. The van der Waals surface area contributed by atoms with E-state index in [1.54, 1.807) is 24.3 Å². The summed E-state index contributed by atoms with van der Waals surface area (Å²) in [5, 5.41) is 4.51. The molecule has 0 amide bonds. The lowest BCUT2D eigenvalue weighted by molar-refractivity contribution is -0.145. The molecule has 0 bridgehead atoms. The molecule has 0 saturated carbocycles. The fourth-order valence-electron chi connectivity index (χ4n) is 2.49. The van der Waals surface area contributed by atoms with Gasteiger partial charge >= 0.3 is 5.97 Å². The third-order valence-corrected chi connectivity index (χ3v) is 4.05. The summed E-state index contributed by atoms with van der Waals surface area (Å²) >= 11 is 5.86. The molecule has 3 aromatic rings. The minimum Gasteiger partial charge on any atom is -0.494 e. The van der Waals surface area contributed by atoms with Crippen molar-refractivity contribution in [2.24, 2.45) is 0 Å². The van der Waals surface area contributed by atoms with Crippen molar-refractivity contribution in [3.8, 4) is 17.1 Å². The Kier molecular flexibility index (Phi) is 6.44. The number of esters is 1. The fraction of sp³-hybridized carbons (Fsp3) is 0.250. The maximum atomic E-state index is 12.0. The minimum atomic E-state index is -0.340. The second-order valence-corrected chi connectivity index (χ2v) is 6.16. The van der Waals surface area contributed by atoms with Gasteiger partial charge in [-0.15, -0.1) is 0 Å². The Morgan fingerprint density at radius 2 is 1.93 bits per heavy atom. The lowest BCUT2D eigenvalue weighted by Gasteiger charge is -2.09. The van der Waals surface area contributed by atoms with E-state index in [4.69, 9.17) is 25.6 Å². The molecule has 1 aromatic heterocycles. The zero-order chi connectivity index (χ0) is 19.1. The van der Waals surface area contributed by atoms with Crippen molar-refractivity contribution >= 4 is 17.6 Å². The number of rotatable bonds is 8. The number of carbonyl (C=O) groups is 1. The summed E-state index contributed by atoms with van der Waals surface area (Å²) in [7, 11) is 0. The molecule has 7 heteroatoms. The molecule has 140 valence electrons. The zero-order valence-electron chi connectivity index (χ0n) is 14.9. The number of hydrogen-bond donors (Lipinski definition) is 0. The van der Waals surface area contributed by atoms with Crippen molar-refractivity contribution in [3.63, 3.8) is 0 Å². The van der Waals surface area contributed by atoms with Gasteiger partial charge in [-0.25, -0.2) is 0 Å². The molecule has 0 unspecified atom stereocenters. The minimum absolute atomic E-state index is 0.0630. The Morgan fingerprint density at radius 1 is 1.15 bits per heavy atom. The van der Waals surface area contributed by atoms with Gasteiger partial charge in [0.15, 0.2) is 6.61 Å². The highest BCUT2D eigenvalue weighted by atomic mass is 35.5. The van der Waals surface area contributed by atoms with Gasteiger partial charge in [0.05, 0.1) is 6.61 Å². The Bertz CT molecular complexity index is 893. The summed E-state index contributed by atoms with van der Waals surface area (Å²) in [6.07, 6.45) is 0.775. The third kappa shape index (κ3) is 5.31. The topological polar surface area (TPSA) is 74.5 Å². The largest absolute Gasteiger partial charge is 0.494 e. The van der Waals surface area contributed by atoms with E-state index in [1.165, 1.54) is 0 Å². The Morgan fingerprint density at radius 3 is 2.70 bits per heavy atom. The molecule has 6 nitrogen and oxygen atoms in total. The summed E-state index contributed by atoms with van der Waals surface area (Å²) in [6.45, 7) is 2.44. The number of para-hydroxylation sites is 1. The molecule has 0 spiro atoms. The van der Waals surface area contributed by atoms with Gasteiger partial charge in [0.25, 0.3) is 5.89 Å². The lowest BCUT2D eigenvalue weighted by Crippen LogP contribution is -2.07. The molecule has 0 radical (unpaired) electrons. The van der Waals surface area contributed by atoms with Crippen molar-refractivity contribution < 1.29 is 18.8 Å². The van der Waals surface area contributed by atoms with Crippen LogP contribution in [0.2, 0.25) is 5.02 Å². The summed E-state index contributed by atoms with van der Waals surface area (Å²) in [4.78, 5) is 16.2. The van der Waals surface area contributed by atoms with Gasteiger partial charge in [-0.3, -0.25) is 4.79 Å². The zero-order valence-corrected chi connectivity index (χ0v) is 15.6. The number of benzene rings is 2. The normalized spacial score (nSPS) is 10.6. The summed E-state index contributed by atoms with van der Waals surface area (Å²) in [6, 6.07) is 14.7. The highest BCUT2D eigenvalue weighted by molar-refractivity contribution is 6.30. The molecule has 2 aromatic carbocycles. The summed E-state index contributed by atoms with van der Waals surface area (Å²) in [5.41, 5.74) is 1.74. The number of aryl methyl sites for hydroxylation is 1. The molecule has 0 aliphatic carbocycles. The van der Waals surface area contributed by atoms with Gasteiger partial charge in [-0.05, 0) is 49.2 Å². The molecular formula is C20H19ClN2O4. The van der Waals surface area contributed by atoms with Gasteiger partial charge in [0.2, 0.25) is 5.82 Å². The van der Waals surface area contributed by atoms with Crippen LogP contribution in [-0.2, 0) is 22.6 Å². The number of nitrogens with zero attached hydrogens (tertiary/aromatic N) is 2. The van der Waals surface area contributed by atoms with Crippen LogP contribution in [0.25, 0.3) is 11.4 Å². The molecule has 0 saturated heterocycles. The summed E-state index contributed by atoms with van der Waals surface area (Å²) < 4.78 is 15.9. The van der Waals surface area contributed by atoms with E-state index in [2.05, 4.69) is 10.1 Å². The van der Waals surface area contributed by atoms with E-state index in [-0.39, 0.29) is 24.9 Å². The van der Waals surface area contributed by atoms with Crippen LogP contribution in [0.3, 0.4) is 0 Å². The highest BCUT2D eigenvalue weighted by Gasteiger charge is 2.12. The number of hydrogen-bond acceptors (Lipinski definition) is 6. The molecule has 0 aliphatic heterocycles. The quantitative estimate of drug-likeness (QED) is 0.532. The van der Waals surface area contributed by atoms with E-state index in [9.17, 15) is 4.79 Å². The standard InChI is InChI=1S/C20H19ClN2O4/c1-2-25-17-6-4-3-5-14(17)9-12-19(24)26-13-18-22-20(23-27-18)15-7-10-16(21)11-8-15/h3-8,10-11H,2,9,12-13H2,1H3. The predicted molar refractivity (Wildman–Crippen MR) is 100 cm³/mol. The van der Waals surface area contributed by atoms with Crippen LogP contribution in [0.5, 0.6) is 5.75 Å². The van der Waals surface area contributed by atoms with Crippen molar-refractivity contribution in [2.45, 2.75) is 26.4 Å². The van der Waals surface area contributed by atoms with E-state index in [1.807, 2.05) is 31.2 Å². The van der Waals surface area contributed by atoms with Crippen LogP contribution in [0, 0.1) is 0 Å². The maximum Gasteiger partial charge on any atom is 0.306 e. The molecule has 3 rings (SSSR count). The van der Waals surface area contributed by atoms with Crippen molar-refractivity contribution in [1.82, 2.24) is 10.1 Å². The van der Waals surface area contributed by atoms with E-state index < -0.39 is 0 Å². The van der Waals surface area contributed by atoms with Crippen LogP contribution in [-0.4, -0.2) is 22.7 Å². The molecule has 0 N–H and O–H groups in total. The molecule has 0 fully saturated rings. The number of halogens is 1. The average molecular weight is 387 g/mol. The SMILES string of the molecule is CCOc1ccccc1CCC(=O)OCc1nc(-c2ccc(Cl)cc2)no1. The van der Waals surface area contributed by atoms with Crippen LogP contribution in [0.4, 0.5) is 0 Å². The lowest BCUT2D eigenvalue weighted by atomic mass is 10.1. The Hall–Kier alpha value is -2.86. The number of ether oxygens (including phenoxy) is 2. The maximum absolute atomic E-state index is 12.0. The molecule has 0 atom stereocenters. The van der Waals surface area contributed by atoms with Gasteiger partial charge in [-0.2, -0.15) is 4.98 Å². The van der Waals surface area contributed by atoms with E-state index in [0.717, 1.165) is 16.9 Å². The summed E-state index contributed by atoms with van der Waals surface area (Å²) in [5.74, 6) is 1.11. The fourth-order valence-corrected chi connectivity index (χ4v) is 2.61. The highest BCUT2D eigenvalue weighted by Crippen LogP contribution is 2.20. The van der Waals surface area contributed by atoms with E-state index in [0.29, 0.717) is 23.9 Å². The van der Waals surface area contributed by atoms with Crippen LogP contribution in [0.1, 0.15) is 24.8 Å². The van der Waals surface area contributed by atoms with Gasteiger partial charge in [-0.1, -0.05) is 35.0 Å². The number of carbonyl (C=O) groups excluding carboxylic acids is 1. The average Bonchev–Trinajstić information content (AvgIpc) is 3.15. The first-order chi connectivity index (χ1) is 13.2. The Balaban J connectivity index is 1.50. The van der Waals surface area contributed by atoms with Crippen molar-refractivity contribution in [2.75, 3.05) is 6.61 Å². The van der Waals surface area contributed by atoms with Crippen molar-refractivity contribution in [1.29, 1.82) is 0 Å². The smallest absolute Gasteiger partial charge is 0.306 e. The van der Waals surface area contributed by atoms with Gasteiger partial charge < -0.3 is 14.0 Å². The van der Waals surface area contributed by atoms with Crippen LogP contribution >= 0.6 is 11.6 Å². The van der Waals surface area contributed by atoms with Gasteiger partial charge in [0.1, 0.15) is 5.75 Å². The molecule has 0 aliphatic rings.